The molecule has 0 radical (unpaired) electrons. The number of imide groups is 1. The quantitative estimate of drug-likeness (QED) is 0.763. The summed E-state index contributed by atoms with van der Waals surface area (Å²) in [5.74, 6) is -0.150. The van der Waals surface area contributed by atoms with Crippen LogP contribution in [0.5, 0.6) is 0 Å². The maximum absolute atomic E-state index is 11.4. The van der Waals surface area contributed by atoms with Gasteiger partial charge in [-0.05, 0) is 31.4 Å². The Labute approximate surface area is 119 Å². The van der Waals surface area contributed by atoms with Crippen LogP contribution in [-0.2, 0) is 11.2 Å². The molecule has 0 aromatic heterocycles. The first-order chi connectivity index (χ1) is 9.58. The Hall–Kier alpha value is -1.88. The molecular formula is C15H21N3O2. The van der Waals surface area contributed by atoms with Gasteiger partial charge in [0.1, 0.15) is 0 Å². The maximum Gasteiger partial charge on any atom is 0.324 e. The molecule has 2 N–H and O–H groups in total. The van der Waals surface area contributed by atoms with Gasteiger partial charge in [0.2, 0.25) is 5.91 Å². The van der Waals surface area contributed by atoms with Crippen LogP contribution >= 0.6 is 0 Å². The Bertz CT molecular complexity index is 486. The van der Waals surface area contributed by atoms with Gasteiger partial charge in [-0.2, -0.15) is 0 Å². The van der Waals surface area contributed by atoms with Crippen LogP contribution in [0.2, 0.25) is 0 Å². The highest BCUT2D eigenvalue weighted by Gasteiger charge is 2.27. The van der Waals surface area contributed by atoms with Crippen molar-refractivity contribution in [2.45, 2.75) is 26.3 Å². The van der Waals surface area contributed by atoms with E-state index in [4.69, 9.17) is 0 Å². The van der Waals surface area contributed by atoms with Crippen LogP contribution in [-0.4, -0.2) is 42.5 Å². The molecule has 0 bridgehead atoms. The Balaban J connectivity index is 1.75. The molecule has 1 unspecified atom stereocenters. The van der Waals surface area contributed by atoms with Crippen LogP contribution < -0.4 is 10.6 Å². The summed E-state index contributed by atoms with van der Waals surface area (Å²) in [4.78, 5) is 24.0. The largest absolute Gasteiger partial charge is 0.329 e. The number of nitrogens with one attached hydrogen (secondary N) is 2. The second-order valence-corrected chi connectivity index (χ2v) is 5.19. The van der Waals surface area contributed by atoms with Crippen molar-refractivity contribution in [3.63, 3.8) is 0 Å². The number of carbonyl (C=O) groups is 2. The normalized spacial score (nSPS) is 16.4. The molecule has 1 fully saturated rings. The molecule has 5 nitrogen and oxygen atoms in total. The molecule has 20 heavy (non-hydrogen) atoms. The molecule has 1 aliphatic heterocycles. The Morgan fingerprint density at radius 3 is 2.75 bits per heavy atom. The van der Waals surface area contributed by atoms with Crippen LogP contribution in [0.25, 0.3) is 0 Å². The van der Waals surface area contributed by atoms with Crippen molar-refractivity contribution in [3.05, 3.63) is 35.4 Å². The Kier molecular flexibility index (Phi) is 4.74. The molecule has 0 saturated carbocycles. The molecule has 0 aliphatic carbocycles. The summed E-state index contributed by atoms with van der Waals surface area (Å²) in [5.41, 5.74) is 2.61. The summed E-state index contributed by atoms with van der Waals surface area (Å²) in [7, 11) is 0. The monoisotopic (exact) mass is 275 g/mol. The predicted molar refractivity (Wildman–Crippen MR) is 77.5 cm³/mol. The van der Waals surface area contributed by atoms with Gasteiger partial charge in [-0.25, -0.2) is 4.79 Å². The molecular weight excluding hydrogens is 254 g/mol. The third-order valence-corrected chi connectivity index (χ3v) is 3.55. The third kappa shape index (κ3) is 3.57. The molecule has 1 atom stereocenters. The van der Waals surface area contributed by atoms with E-state index in [-0.39, 0.29) is 18.5 Å². The molecule has 3 amide bonds. The van der Waals surface area contributed by atoms with Crippen molar-refractivity contribution in [3.8, 4) is 0 Å². The predicted octanol–water partition coefficient (Wildman–Crippen LogP) is 1.07. The molecule has 108 valence electrons. The molecule has 2 rings (SSSR count). The van der Waals surface area contributed by atoms with Crippen molar-refractivity contribution in [2.75, 3.05) is 19.6 Å². The molecule has 0 spiro atoms. The summed E-state index contributed by atoms with van der Waals surface area (Å²) in [6, 6.07) is 8.33. The van der Waals surface area contributed by atoms with Gasteiger partial charge in [-0.1, -0.05) is 24.3 Å². The molecule has 5 heteroatoms. The molecule has 1 aromatic carbocycles. The fourth-order valence-corrected chi connectivity index (χ4v) is 2.35. The average Bonchev–Trinajstić information content (AvgIpc) is 2.73. The van der Waals surface area contributed by atoms with Gasteiger partial charge in [-0.3, -0.25) is 9.69 Å². The van der Waals surface area contributed by atoms with E-state index in [1.807, 2.05) is 12.1 Å². The summed E-state index contributed by atoms with van der Waals surface area (Å²) in [6.45, 7) is 5.38. The molecule has 1 saturated heterocycles. The first-order valence-electron chi connectivity index (χ1n) is 6.94. The SMILES string of the molecule is Cc1ccccc1CC(C)NCCN1C(=O)CNC1=O. The highest BCUT2D eigenvalue weighted by molar-refractivity contribution is 6.01. The second kappa shape index (κ2) is 6.52. The first-order valence-corrected chi connectivity index (χ1v) is 6.94. The van der Waals surface area contributed by atoms with E-state index >= 15 is 0 Å². The Morgan fingerprint density at radius 1 is 1.35 bits per heavy atom. The van der Waals surface area contributed by atoms with Crippen molar-refractivity contribution in [1.82, 2.24) is 15.5 Å². The van der Waals surface area contributed by atoms with Crippen LogP contribution in [0.15, 0.2) is 24.3 Å². The van der Waals surface area contributed by atoms with E-state index in [2.05, 4.69) is 36.6 Å². The van der Waals surface area contributed by atoms with E-state index in [1.54, 1.807) is 0 Å². The van der Waals surface area contributed by atoms with Gasteiger partial charge in [0.05, 0.1) is 6.54 Å². The van der Waals surface area contributed by atoms with Gasteiger partial charge in [0, 0.05) is 19.1 Å². The number of rotatable bonds is 6. The summed E-state index contributed by atoms with van der Waals surface area (Å²) in [6.07, 6.45) is 0.937. The third-order valence-electron chi connectivity index (χ3n) is 3.55. The highest BCUT2D eigenvalue weighted by atomic mass is 16.2. The zero-order valence-electron chi connectivity index (χ0n) is 12.0. The number of nitrogens with zero attached hydrogens (tertiary/aromatic N) is 1. The fourth-order valence-electron chi connectivity index (χ4n) is 2.35. The lowest BCUT2D eigenvalue weighted by Crippen LogP contribution is -2.40. The summed E-state index contributed by atoms with van der Waals surface area (Å²) < 4.78 is 0. The topological polar surface area (TPSA) is 61.4 Å². The number of carbonyl (C=O) groups excluding carboxylic acids is 2. The number of hydrogen-bond donors (Lipinski definition) is 2. The number of amides is 3. The summed E-state index contributed by atoms with van der Waals surface area (Å²) in [5, 5.41) is 5.87. The first kappa shape index (κ1) is 14.5. The molecule has 1 aromatic rings. The van der Waals surface area contributed by atoms with Crippen LogP contribution in [0.4, 0.5) is 4.79 Å². The van der Waals surface area contributed by atoms with Gasteiger partial charge < -0.3 is 10.6 Å². The smallest absolute Gasteiger partial charge is 0.324 e. The van der Waals surface area contributed by atoms with Gasteiger partial charge >= 0.3 is 6.03 Å². The van der Waals surface area contributed by atoms with Gasteiger partial charge in [0.15, 0.2) is 0 Å². The zero-order valence-corrected chi connectivity index (χ0v) is 12.0. The average molecular weight is 275 g/mol. The van der Waals surface area contributed by atoms with Crippen LogP contribution in [0.1, 0.15) is 18.1 Å². The minimum Gasteiger partial charge on any atom is -0.329 e. The molecule has 1 aliphatic rings. The van der Waals surface area contributed by atoms with Crippen molar-refractivity contribution in [2.24, 2.45) is 0 Å². The van der Waals surface area contributed by atoms with Gasteiger partial charge in [0.25, 0.3) is 0 Å². The van der Waals surface area contributed by atoms with E-state index < -0.39 is 0 Å². The van der Waals surface area contributed by atoms with E-state index in [0.717, 1.165) is 6.42 Å². The lowest BCUT2D eigenvalue weighted by Gasteiger charge is -2.17. The number of hydrogen-bond acceptors (Lipinski definition) is 3. The number of urea groups is 1. The van der Waals surface area contributed by atoms with Gasteiger partial charge in [-0.15, -0.1) is 0 Å². The standard InChI is InChI=1S/C15H21N3O2/c1-11-5-3-4-6-13(11)9-12(2)16-7-8-18-14(19)10-17-15(18)20/h3-6,12,16H,7-10H2,1-2H3,(H,17,20). The van der Waals surface area contributed by atoms with E-state index in [1.165, 1.54) is 16.0 Å². The molecule has 1 heterocycles. The van der Waals surface area contributed by atoms with Crippen molar-refractivity contribution < 1.29 is 9.59 Å². The maximum atomic E-state index is 11.4. The lowest BCUT2D eigenvalue weighted by atomic mass is 10.0. The minimum absolute atomic E-state index is 0.123. The van der Waals surface area contributed by atoms with Crippen molar-refractivity contribution >= 4 is 11.9 Å². The second-order valence-electron chi connectivity index (χ2n) is 5.19. The van der Waals surface area contributed by atoms with E-state index in [0.29, 0.717) is 19.1 Å². The van der Waals surface area contributed by atoms with E-state index in [9.17, 15) is 9.59 Å². The van der Waals surface area contributed by atoms with Crippen molar-refractivity contribution in [1.29, 1.82) is 0 Å². The zero-order chi connectivity index (χ0) is 14.5. The lowest BCUT2D eigenvalue weighted by molar-refractivity contribution is -0.124. The Morgan fingerprint density at radius 2 is 2.10 bits per heavy atom. The van der Waals surface area contributed by atoms with Crippen LogP contribution in [0, 0.1) is 6.92 Å². The fraction of sp³-hybridized carbons (Fsp3) is 0.467. The number of aryl methyl sites for hydroxylation is 1. The number of benzene rings is 1. The van der Waals surface area contributed by atoms with Crippen LogP contribution in [0.3, 0.4) is 0 Å². The minimum atomic E-state index is -0.289. The highest BCUT2D eigenvalue weighted by Crippen LogP contribution is 2.09. The summed E-state index contributed by atoms with van der Waals surface area (Å²) >= 11 is 0.